The standard InChI is InChI=1S/C24H18N4O4/c25-19-5-1-17(2-6-19)18-3-7-20(8-4-18)26(21-9-13-23(14-10-21)27(29)30)22-11-15-24(16-12-22)28(31)32/h1-16H,25H2. The number of nitrogens with zero attached hydrogens (tertiary/aromatic N) is 3. The molecule has 32 heavy (non-hydrogen) atoms. The Morgan fingerprint density at radius 3 is 1.19 bits per heavy atom. The van der Waals surface area contributed by atoms with E-state index in [1.165, 1.54) is 24.3 Å². The first-order valence-corrected chi connectivity index (χ1v) is 9.67. The average molecular weight is 426 g/mol. The zero-order valence-electron chi connectivity index (χ0n) is 16.8. The van der Waals surface area contributed by atoms with E-state index in [0.717, 1.165) is 16.8 Å². The predicted octanol–water partition coefficient (Wildman–Crippen LogP) is 6.22. The zero-order valence-corrected chi connectivity index (χ0v) is 16.8. The van der Waals surface area contributed by atoms with Crippen molar-refractivity contribution in [1.29, 1.82) is 0 Å². The first kappa shape index (κ1) is 20.5. The third kappa shape index (κ3) is 4.24. The van der Waals surface area contributed by atoms with Gasteiger partial charge >= 0.3 is 0 Å². The van der Waals surface area contributed by atoms with Crippen LogP contribution in [0.4, 0.5) is 34.1 Å². The quantitative estimate of drug-likeness (QED) is 0.222. The van der Waals surface area contributed by atoms with Crippen molar-refractivity contribution in [2.24, 2.45) is 0 Å². The lowest BCUT2D eigenvalue weighted by molar-refractivity contribution is -0.385. The molecule has 4 aromatic rings. The molecule has 0 aliphatic rings. The van der Waals surface area contributed by atoms with Gasteiger partial charge in [0.2, 0.25) is 0 Å². The number of nitrogen functional groups attached to an aromatic ring is 1. The SMILES string of the molecule is Nc1ccc(-c2ccc(N(c3ccc([N+](=O)[O-])cc3)c3ccc([N+](=O)[O-])cc3)cc2)cc1. The molecular formula is C24H18N4O4. The molecule has 0 amide bonds. The number of benzene rings is 4. The molecule has 0 heterocycles. The lowest BCUT2D eigenvalue weighted by Crippen LogP contribution is -2.10. The fraction of sp³-hybridized carbons (Fsp3) is 0. The number of hydrogen-bond donors (Lipinski definition) is 1. The molecule has 0 aliphatic heterocycles. The first-order valence-electron chi connectivity index (χ1n) is 9.67. The van der Waals surface area contributed by atoms with Crippen LogP contribution < -0.4 is 10.6 Å². The van der Waals surface area contributed by atoms with Gasteiger partial charge < -0.3 is 10.6 Å². The Labute approximate surface area is 183 Å². The minimum absolute atomic E-state index is 0.0175. The summed E-state index contributed by atoms with van der Waals surface area (Å²) in [6.45, 7) is 0. The van der Waals surface area contributed by atoms with E-state index in [-0.39, 0.29) is 11.4 Å². The van der Waals surface area contributed by atoms with Crippen molar-refractivity contribution in [3.63, 3.8) is 0 Å². The van der Waals surface area contributed by atoms with Gasteiger partial charge in [-0.3, -0.25) is 20.2 Å². The van der Waals surface area contributed by atoms with Crippen LogP contribution in [0.25, 0.3) is 11.1 Å². The third-order valence-electron chi connectivity index (χ3n) is 5.01. The Bertz CT molecular complexity index is 1200. The van der Waals surface area contributed by atoms with Gasteiger partial charge in [0, 0.05) is 47.0 Å². The van der Waals surface area contributed by atoms with E-state index in [0.29, 0.717) is 17.1 Å². The maximum atomic E-state index is 11.0. The Morgan fingerprint density at radius 1 is 0.531 bits per heavy atom. The number of non-ortho nitro benzene ring substituents is 2. The van der Waals surface area contributed by atoms with Crippen LogP contribution in [0.3, 0.4) is 0 Å². The van der Waals surface area contributed by atoms with E-state index in [2.05, 4.69) is 0 Å². The number of hydrogen-bond acceptors (Lipinski definition) is 6. The molecule has 2 N–H and O–H groups in total. The summed E-state index contributed by atoms with van der Waals surface area (Å²) in [7, 11) is 0. The van der Waals surface area contributed by atoms with Gasteiger partial charge in [-0.15, -0.1) is 0 Å². The molecule has 8 nitrogen and oxygen atoms in total. The van der Waals surface area contributed by atoms with Crippen molar-refractivity contribution in [2.45, 2.75) is 0 Å². The van der Waals surface area contributed by atoms with Crippen molar-refractivity contribution >= 4 is 34.1 Å². The summed E-state index contributed by atoms with van der Waals surface area (Å²) in [6.07, 6.45) is 0. The minimum Gasteiger partial charge on any atom is -0.399 e. The maximum absolute atomic E-state index is 11.0. The molecule has 4 rings (SSSR count). The van der Waals surface area contributed by atoms with E-state index in [1.807, 2.05) is 53.4 Å². The molecule has 0 bridgehead atoms. The van der Waals surface area contributed by atoms with E-state index < -0.39 is 9.85 Å². The van der Waals surface area contributed by atoms with Gasteiger partial charge in [0.1, 0.15) is 0 Å². The molecule has 0 aromatic heterocycles. The smallest absolute Gasteiger partial charge is 0.269 e. The van der Waals surface area contributed by atoms with E-state index in [1.54, 1.807) is 24.3 Å². The normalized spacial score (nSPS) is 10.5. The molecule has 0 radical (unpaired) electrons. The maximum Gasteiger partial charge on any atom is 0.269 e. The van der Waals surface area contributed by atoms with Crippen LogP contribution in [0, 0.1) is 20.2 Å². The molecule has 0 saturated carbocycles. The van der Waals surface area contributed by atoms with E-state index >= 15 is 0 Å². The fourth-order valence-corrected chi connectivity index (χ4v) is 3.37. The second-order valence-electron chi connectivity index (χ2n) is 7.05. The second kappa shape index (κ2) is 8.57. The van der Waals surface area contributed by atoms with Gasteiger partial charge in [0.05, 0.1) is 9.85 Å². The molecule has 0 spiro atoms. The van der Waals surface area contributed by atoms with Crippen molar-refractivity contribution in [3.05, 3.63) is 117 Å². The monoisotopic (exact) mass is 426 g/mol. The summed E-state index contributed by atoms with van der Waals surface area (Å²) in [4.78, 5) is 23.0. The largest absolute Gasteiger partial charge is 0.399 e. The Morgan fingerprint density at radius 2 is 0.844 bits per heavy atom. The summed E-state index contributed by atoms with van der Waals surface area (Å²) >= 11 is 0. The van der Waals surface area contributed by atoms with Crippen molar-refractivity contribution in [2.75, 3.05) is 10.6 Å². The van der Waals surface area contributed by atoms with Gasteiger partial charge in [-0.1, -0.05) is 24.3 Å². The Balaban J connectivity index is 1.75. The van der Waals surface area contributed by atoms with Gasteiger partial charge in [0.25, 0.3) is 11.4 Å². The van der Waals surface area contributed by atoms with Gasteiger partial charge in [-0.2, -0.15) is 0 Å². The minimum atomic E-state index is -0.457. The highest BCUT2D eigenvalue weighted by Crippen LogP contribution is 2.37. The molecule has 0 aliphatic carbocycles. The third-order valence-corrected chi connectivity index (χ3v) is 5.01. The number of nitro benzene ring substituents is 2. The van der Waals surface area contributed by atoms with Crippen LogP contribution in [0.2, 0.25) is 0 Å². The average Bonchev–Trinajstić information content (AvgIpc) is 2.81. The second-order valence-corrected chi connectivity index (χ2v) is 7.05. The molecule has 8 heteroatoms. The zero-order chi connectivity index (χ0) is 22.7. The Hall–Kier alpha value is -4.72. The fourth-order valence-electron chi connectivity index (χ4n) is 3.37. The molecule has 0 unspecified atom stereocenters. The molecule has 0 atom stereocenters. The van der Waals surface area contributed by atoms with Crippen LogP contribution in [0.15, 0.2) is 97.1 Å². The van der Waals surface area contributed by atoms with Gasteiger partial charge in [-0.05, 0) is 59.7 Å². The summed E-state index contributed by atoms with van der Waals surface area (Å²) in [5, 5.41) is 22.1. The topological polar surface area (TPSA) is 116 Å². The summed E-state index contributed by atoms with van der Waals surface area (Å²) in [6, 6.07) is 27.6. The summed E-state index contributed by atoms with van der Waals surface area (Å²) in [5.74, 6) is 0. The van der Waals surface area contributed by atoms with Crippen molar-refractivity contribution in [3.8, 4) is 11.1 Å². The van der Waals surface area contributed by atoms with Crippen LogP contribution in [0.1, 0.15) is 0 Å². The molecule has 4 aromatic carbocycles. The highest BCUT2D eigenvalue weighted by molar-refractivity contribution is 5.79. The molecular weight excluding hydrogens is 408 g/mol. The molecule has 158 valence electrons. The first-order chi connectivity index (χ1) is 15.4. The van der Waals surface area contributed by atoms with Crippen molar-refractivity contribution < 1.29 is 9.85 Å². The number of nitrogens with two attached hydrogens (primary N) is 1. The van der Waals surface area contributed by atoms with Crippen molar-refractivity contribution in [1.82, 2.24) is 0 Å². The molecule has 0 saturated heterocycles. The highest BCUT2D eigenvalue weighted by Gasteiger charge is 2.16. The van der Waals surface area contributed by atoms with Crippen LogP contribution in [-0.4, -0.2) is 9.85 Å². The number of anilines is 4. The summed E-state index contributed by atoms with van der Waals surface area (Å²) < 4.78 is 0. The number of nitro groups is 2. The predicted molar refractivity (Wildman–Crippen MR) is 124 cm³/mol. The lowest BCUT2D eigenvalue weighted by atomic mass is 10.0. The Kier molecular flexibility index (Phi) is 5.50. The molecule has 0 fully saturated rings. The van der Waals surface area contributed by atoms with E-state index in [9.17, 15) is 20.2 Å². The summed E-state index contributed by atoms with van der Waals surface area (Å²) in [5.41, 5.74) is 10.6. The van der Waals surface area contributed by atoms with Gasteiger partial charge in [0.15, 0.2) is 0 Å². The lowest BCUT2D eigenvalue weighted by Gasteiger charge is -2.25. The van der Waals surface area contributed by atoms with Crippen LogP contribution >= 0.6 is 0 Å². The highest BCUT2D eigenvalue weighted by atomic mass is 16.6. The van der Waals surface area contributed by atoms with Crippen LogP contribution in [-0.2, 0) is 0 Å². The van der Waals surface area contributed by atoms with E-state index in [4.69, 9.17) is 5.73 Å². The van der Waals surface area contributed by atoms with Gasteiger partial charge in [-0.25, -0.2) is 0 Å². The number of rotatable bonds is 6. The van der Waals surface area contributed by atoms with Crippen LogP contribution in [0.5, 0.6) is 0 Å².